The number of esters is 1. The molecule has 9 heteroatoms. The molecule has 2 aromatic heterocycles. The number of rotatable bonds is 5. The molecule has 7 nitrogen and oxygen atoms in total. The Morgan fingerprint density at radius 2 is 2.06 bits per heavy atom. The highest BCUT2D eigenvalue weighted by atomic mass is 35.5. The summed E-state index contributed by atoms with van der Waals surface area (Å²) in [6, 6.07) is 11.3. The fourth-order valence-corrected chi connectivity index (χ4v) is 5.34. The van der Waals surface area contributed by atoms with Gasteiger partial charge in [0, 0.05) is 5.02 Å². The number of thiazole rings is 1. The van der Waals surface area contributed by atoms with Crippen molar-refractivity contribution in [3.8, 4) is 0 Å². The van der Waals surface area contributed by atoms with E-state index in [4.69, 9.17) is 20.8 Å². The van der Waals surface area contributed by atoms with E-state index < -0.39 is 17.9 Å². The van der Waals surface area contributed by atoms with Gasteiger partial charge >= 0.3 is 5.97 Å². The van der Waals surface area contributed by atoms with Crippen LogP contribution in [0, 0.1) is 13.8 Å². The van der Waals surface area contributed by atoms with Crippen LogP contribution in [0.4, 0.5) is 5.13 Å². The van der Waals surface area contributed by atoms with Crippen LogP contribution >= 0.6 is 22.9 Å². The molecule has 4 aromatic rings. The lowest BCUT2D eigenvalue weighted by Crippen LogP contribution is -2.29. The summed E-state index contributed by atoms with van der Waals surface area (Å²) in [5.74, 6) is -1.14. The third-order valence-corrected chi connectivity index (χ3v) is 7.07. The zero-order chi connectivity index (χ0) is 24.9. The number of carbonyl (C=O) groups is 2. The summed E-state index contributed by atoms with van der Waals surface area (Å²) in [6.07, 6.45) is 1.47. The van der Waals surface area contributed by atoms with Crippen LogP contribution in [0.25, 0.3) is 11.0 Å². The van der Waals surface area contributed by atoms with E-state index in [1.165, 1.54) is 11.0 Å². The highest BCUT2D eigenvalue weighted by Gasteiger charge is 2.45. The Morgan fingerprint density at radius 3 is 2.80 bits per heavy atom. The Bertz CT molecular complexity index is 1590. The number of hydrogen-bond acceptors (Lipinski definition) is 7. The smallest absolute Gasteiger partial charge is 0.350 e. The lowest BCUT2D eigenvalue weighted by atomic mass is 9.98. The van der Waals surface area contributed by atoms with E-state index in [0.717, 1.165) is 16.9 Å². The van der Waals surface area contributed by atoms with E-state index in [1.807, 2.05) is 13.0 Å². The van der Waals surface area contributed by atoms with Crippen molar-refractivity contribution < 1.29 is 18.7 Å². The number of nitrogens with zero attached hydrogens (tertiary/aromatic N) is 2. The Morgan fingerprint density at radius 1 is 1.26 bits per heavy atom. The zero-order valence-corrected chi connectivity index (χ0v) is 20.4. The van der Waals surface area contributed by atoms with Gasteiger partial charge in [-0.15, -0.1) is 0 Å². The van der Waals surface area contributed by atoms with Crippen molar-refractivity contribution in [2.24, 2.45) is 0 Å². The van der Waals surface area contributed by atoms with Gasteiger partial charge in [-0.2, -0.15) is 0 Å². The van der Waals surface area contributed by atoms with Crippen LogP contribution in [-0.2, 0) is 4.74 Å². The average molecular weight is 507 g/mol. The van der Waals surface area contributed by atoms with Crippen LogP contribution in [-0.4, -0.2) is 23.5 Å². The van der Waals surface area contributed by atoms with Crippen LogP contribution < -0.4 is 10.3 Å². The molecule has 0 bridgehead atoms. The van der Waals surface area contributed by atoms with E-state index >= 15 is 0 Å². The minimum Gasteiger partial charge on any atom is -0.457 e. The number of aryl methyl sites for hydroxylation is 2. The van der Waals surface area contributed by atoms with E-state index in [-0.39, 0.29) is 33.4 Å². The third-order valence-electron chi connectivity index (χ3n) is 5.70. The van der Waals surface area contributed by atoms with Crippen LogP contribution in [0.3, 0.4) is 0 Å². The molecule has 1 amide bonds. The van der Waals surface area contributed by atoms with E-state index in [2.05, 4.69) is 11.6 Å². The predicted octanol–water partition coefficient (Wildman–Crippen LogP) is 5.61. The van der Waals surface area contributed by atoms with Gasteiger partial charge in [0.1, 0.15) is 17.1 Å². The van der Waals surface area contributed by atoms with Crippen molar-refractivity contribution in [3.05, 3.63) is 103 Å². The van der Waals surface area contributed by atoms with Crippen LogP contribution in [0.2, 0.25) is 5.02 Å². The Hall–Kier alpha value is -3.75. The van der Waals surface area contributed by atoms with Gasteiger partial charge in [0.05, 0.1) is 22.7 Å². The molecular weight excluding hydrogens is 488 g/mol. The fourth-order valence-electron chi connectivity index (χ4n) is 4.15. The lowest BCUT2D eigenvalue weighted by molar-refractivity contribution is 0.0554. The summed E-state index contributed by atoms with van der Waals surface area (Å²) in [7, 11) is 0. The number of fused-ring (bicyclic) bond motifs is 2. The minimum absolute atomic E-state index is 0.0508. The van der Waals surface area contributed by atoms with Gasteiger partial charge in [-0.3, -0.25) is 14.5 Å². The van der Waals surface area contributed by atoms with Gasteiger partial charge in [-0.25, -0.2) is 9.78 Å². The maximum absolute atomic E-state index is 13.7. The molecule has 35 heavy (non-hydrogen) atoms. The lowest BCUT2D eigenvalue weighted by Gasteiger charge is -2.22. The molecule has 1 atom stereocenters. The molecule has 0 saturated heterocycles. The van der Waals surface area contributed by atoms with Gasteiger partial charge < -0.3 is 9.15 Å². The van der Waals surface area contributed by atoms with Gasteiger partial charge in [-0.1, -0.05) is 59.4 Å². The average Bonchev–Trinajstić information content (AvgIpc) is 3.35. The van der Waals surface area contributed by atoms with Gasteiger partial charge in [0.25, 0.3) is 5.91 Å². The maximum Gasteiger partial charge on any atom is 0.350 e. The highest BCUT2D eigenvalue weighted by molar-refractivity contribution is 7.17. The molecule has 1 unspecified atom stereocenters. The van der Waals surface area contributed by atoms with Gasteiger partial charge in [-0.05, 0) is 43.7 Å². The third kappa shape index (κ3) is 3.84. The van der Waals surface area contributed by atoms with Crippen molar-refractivity contribution in [1.29, 1.82) is 0 Å². The van der Waals surface area contributed by atoms with Gasteiger partial charge in [0.15, 0.2) is 10.6 Å². The number of hydrogen-bond donors (Lipinski definition) is 0. The number of halogens is 1. The van der Waals surface area contributed by atoms with Crippen molar-refractivity contribution in [2.45, 2.75) is 19.9 Å². The summed E-state index contributed by atoms with van der Waals surface area (Å²) >= 11 is 7.28. The minimum atomic E-state index is -0.833. The molecule has 1 aliphatic rings. The molecule has 2 aromatic carbocycles. The predicted molar refractivity (Wildman–Crippen MR) is 135 cm³/mol. The molecule has 176 valence electrons. The number of ether oxygens (including phenoxy) is 1. The molecule has 1 aliphatic heterocycles. The molecule has 0 spiro atoms. The number of anilines is 1. The van der Waals surface area contributed by atoms with E-state index in [0.29, 0.717) is 27.2 Å². The normalized spacial score (nSPS) is 14.9. The second-order valence-corrected chi connectivity index (χ2v) is 9.52. The van der Waals surface area contributed by atoms with Crippen LogP contribution in [0.15, 0.2) is 64.3 Å². The first-order valence-corrected chi connectivity index (χ1v) is 11.9. The van der Waals surface area contributed by atoms with Gasteiger partial charge in [0.2, 0.25) is 5.76 Å². The van der Waals surface area contributed by atoms with Crippen molar-refractivity contribution in [3.63, 3.8) is 0 Å². The summed E-state index contributed by atoms with van der Waals surface area (Å²) < 4.78 is 11.1. The second kappa shape index (κ2) is 8.79. The Kier molecular flexibility index (Phi) is 5.78. The quantitative estimate of drug-likeness (QED) is 0.258. The largest absolute Gasteiger partial charge is 0.457 e. The Balaban J connectivity index is 1.73. The first-order valence-electron chi connectivity index (χ1n) is 10.7. The molecular formula is C26H19ClN2O5S. The zero-order valence-electron chi connectivity index (χ0n) is 18.8. The highest BCUT2D eigenvalue weighted by Crippen LogP contribution is 2.43. The number of benzene rings is 2. The molecule has 0 saturated carbocycles. The first-order chi connectivity index (χ1) is 16.8. The summed E-state index contributed by atoms with van der Waals surface area (Å²) in [5.41, 5.74) is 2.15. The number of carbonyl (C=O) groups excluding carboxylic acids is 2. The second-order valence-electron chi connectivity index (χ2n) is 8.10. The van der Waals surface area contributed by atoms with Crippen LogP contribution in [0.1, 0.15) is 48.7 Å². The SMILES string of the molecule is C=CCOC(=O)c1sc(N2C(=O)c3oc4ccc(C)cc4c(=O)c3C2c2cccc(Cl)c2)nc1C. The summed E-state index contributed by atoms with van der Waals surface area (Å²) in [6.45, 7) is 7.13. The maximum atomic E-state index is 13.7. The molecule has 0 radical (unpaired) electrons. The number of aromatic nitrogens is 1. The first kappa shape index (κ1) is 23.0. The number of amides is 1. The molecule has 3 heterocycles. The molecule has 0 N–H and O–H groups in total. The fraction of sp³-hybridized carbons (Fsp3) is 0.154. The summed E-state index contributed by atoms with van der Waals surface area (Å²) in [5, 5.41) is 1.08. The van der Waals surface area contributed by atoms with Crippen molar-refractivity contribution in [1.82, 2.24) is 4.98 Å². The summed E-state index contributed by atoms with van der Waals surface area (Å²) in [4.78, 5) is 46.0. The molecule has 0 fully saturated rings. The standard InChI is InChI=1S/C26H19ClN2O5S/c1-4-10-33-25(32)23-14(3)28-26(35-23)29-20(15-6-5-7-16(27)12-15)19-21(30)17-11-13(2)8-9-18(17)34-22(19)24(29)31/h4-9,11-12,20H,1,10H2,2-3H3. The van der Waals surface area contributed by atoms with Crippen LogP contribution in [0.5, 0.6) is 0 Å². The Labute approximate surface area is 209 Å². The van der Waals surface area contributed by atoms with Crippen molar-refractivity contribution in [2.75, 3.05) is 11.5 Å². The molecule has 0 aliphatic carbocycles. The monoisotopic (exact) mass is 506 g/mol. The topological polar surface area (TPSA) is 89.7 Å². The van der Waals surface area contributed by atoms with Crippen molar-refractivity contribution >= 4 is 50.9 Å². The van der Waals surface area contributed by atoms with E-state index in [9.17, 15) is 14.4 Å². The molecule has 5 rings (SSSR count). The van der Waals surface area contributed by atoms with E-state index in [1.54, 1.807) is 43.3 Å².